The standard InChI is InChI=1S/C13H16F2N2O2/c14-9-5-8(11(16)6-10(9)15)12(19)17-13(7-18)3-1-2-4-13/h5-6,18H,1-4,7,16H2,(H,17,19). The first-order chi connectivity index (χ1) is 8.97. The van der Waals surface area contributed by atoms with Crippen LogP contribution in [0.1, 0.15) is 36.0 Å². The predicted molar refractivity (Wildman–Crippen MR) is 66.5 cm³/mol. The molecule has 104 valence electrons. The highest BCUT2D eigenvalue weighted by atomic mass is 19.2. The second-order valence-electron chi connectivity index (χ2n) is 4.95. The van der Waals surface area contributed by atoms with Crippen molar-refractivity contribution in [1.82, 2.24) is 5.32 Å². The summed E-state index contributed by atoms with van der Waals surface area (Å²) >= 11 is 0. The van der Waals surface area contributed by atoms with E-state index in [2.05, 4.69) is 5.32 Å². The third-order valence-electron chi connectivity index (χ3n) is 3.58. The summed E-state index contributed by atoms with van der Waals surface area (Å²) < 4.78 is 26.1. The van der Waals surface area contributed by atoms with E-state index in [9.17, 15) is 18.7 Å². The molecule has 0 bridgehead atoms. The van der Waals surface area contributed by atoms with Gasteiger partial charge in [0.1, 0.15) is 0 Å². The Morgan fingerprint density at radius 3 is 2.47 bits per heavy atom. The Bertz CT molecular complexity index is 500. The average molecular weight is 270 g/mol. The maximum atomic E-state index is 13.2. The van der Waals surface area contributed by atoms with E-state index in [0.29, 0.717) is 12.8 Å². The molecule has 4 nitrogen and oxygen atoms in total. The van der Waals surface area contributed by atoms with E-state index in [1.54, 1.807) is 0 Å². The fourth-order valence-corrected chi connectivity index (χ4v) is 2.44. The maximum Gasteiger partial charge on any atom is 0.253 e. The number of nitrogens with two attached hydrogens (primary N) is 1. The number of hydrogen-bond donors (Lipinski definition) is 3. The van der Waals surface area contributed by atoms with Crippen LogP contribution in [0, 0.1) is 11.6 Å². The van der Waals surface area contributed by atoms with Gasteiger partial charge in [-0.3, -0.25) is 4.79 Å². The summed E-state index contributed by atoms with van der Waals surface area (Å²) in [4.78, 5) is 12.1. The Kier molecular flexibility index (Phi) is 3.71. The van der Waals surface area contributed by atoms with Crippen LogP contribution in [0.15, 0.2) is 12.1 Å². The van der Waals surface area contributed by atoms with E-state index >= 15 is 0 Å². The Morgan fingerprint density at radius 1 is 1.32 bits per heavy atom. The van der Waals surface area contributed by atoms with Crippen molar-refractivity contribution in [3.05, 3.63) is 29.3 Å². The molecule has 2 rings (SSSR count). The number of amides is 1. The van der Waals surface area contributed by atoms with Gasteiger partial charge in [0.15, 0.2) is 11.6 Å². The molecule has 0 atom stereocenters. The van der Waals surface area contributed by atoms with Gasteiger partial charge >= 0.3 is 0 Å². The highest BCUT2D eigenvalue weighted by Gasteiger charge is 2.35. The zero-order chi connectivity index (χ0) is 14.0. The minimum absolute atomic E-state index is 0.112. The third kappa shape index (κ3) is 2.68. The van der Waals surface area contributed by atoms with E-state index in [-0.39, 0.29) is 17.9 Å². The Labute approximate surface area is 109 Å². The summed E-state index contributed by atoms with van der Waals surface area (Å²) in [5.74, 6) is -2.80. The van der Waals surface area contributed by atoms with Crippen molar-refractivity contribution in [3.8, 4) is 0 Å². The lowest BCUT2D eigenvalue weighted by atomic mass is 9.98. The Balaban J connectivity index is 2.22. The molecule has 1 amide bonds. The number of nitrogen functional groups attached to an aromatic ring is 1. The van der Waals surface area contributed by atoms with Crippen LogP contribution in [0.4, 0.5) is 14.5 Å². The fourth-order valence-electron chi connectivity index (χ4n) is 2.44. The van der Waals surface area contributed by atoms with Crippen molar-refractivity contribution in [3.63, 3.8) is 0 Å². The number of anilines is 1. The number of carbonyl (C=O) groups excluding carboxylic acids is 1. The molecule has 0 aromatic heterocycles. The summed E-state index contributed by atoms with van der Waals surface area (Å²) in [6, 6.07) is 1.56. The van der Waals surface area contributed by atoms with Gasteiger partial charge in [-0.1, -0.05) is 12.8 Å². The summed E-state index contributed by atoms with van der Waals surface area (Å²) in [6.07, 6.45) is 3.15. The molecule has 0 radical (unpaired) electrons. The van der Waals surface area contributed by atoms with Crippen molar-refractivity contribution in [2.24, 2.45) is 0 Å². The summed E-state index contributed by atoms with van der Waals surface area (Å²) in [7, 11) is 0. The van der Waals surface area contributed by atoms with E-state index in [0.717, 1.165) is 25.0 Å². The summed E-state index contributed by atoms with van der Waals surface area (Å²) in [5, 5.41) is 12.1. The Morgan fingerprint density at radius 2 is 1.89 bits per heavy atom. The molecule has 0 spiro atoms. The van der Waals surface area contributed by atoms with Crippen molar-refractivity contribution in [2.75, 3.05) is 12.3 Å². The normalized spacial score (nSPS) is 17.4. The van der Waals surface area contributed by atoms with Gasteiger partial charge in [-0.05, 0) is 18.9 Å². The van der Waals surface area contributed by atoms with Crippen LogP contribution < -0.4 is 11.1 Å². The summed E-state index contributed by atoms with van der Waals surface area (Å²) in [6.45, 7) is -0.178. The number of carbonyl (C=O) groups is 1. The average Bonchev–Trinajstić information content (AvgIpc) is 2.83. The molecule has 1 saturated carbocycles. The highest BCUT2D eigenvalue weighted by molar-refractivity contribution is 5.99. The first-order valence-corrected chi connectivity index (χ1v) is 6.15. The molecule has 0 aliphatic heterocycles. The monoisotopic (exact) mass is 270 g/mol. The van der Waals surface area contributed by atoms with Gasteiger partial charge in [0, 0.05) is 11.8 Å². The molecule has 0 unspecified atom stereocenters. The number of hydrogen-bond acceptors (Lipinski definition) is 3. The maximum absolute atomic E-state index is 13.2. The largest absolute Gasteiger partial charge is 0.398 e. The van der Waals surface area contributed by atoms with Crippen LogP contribution in [0.25, 0.3) is 0 Å². The lowest BCUT2D eigenvalue weighted by Gasteiger charge is -2.28. The topological polar surface area (TPSA) is 75.4 Å². The van der Waals surface area contributed by atoms with E-state index < -0.39 is 23.1 Å². The number of aliphatic hydroxyl groups is 1. The predicted octanol–water partition coefficient (Wildman–Crippen LogP) is 1.58. The molecular formula is C13H16F2N2O2. The number of rotatable bonds is 3. The third-order valence-corrected chi connectivity index (χ3v) is 3.58. The lowest BCUT2D eigenvalue weighted by molar-refractivity contribution is 0.0839. The van der Waals surface area contributed by atoms with Crippen LogP contribution in [-0.4, -0.2) is 23.2 Å². The second kappa shape index (κ2) is 5.13. The smallest absolute Gasteiger partial charge is 0.253 e. The highest BCUT2D eigenvalue weighted by Crippen LogP contribution is 2.30. The van der Waals surface area contributed by atoms with Crippen molar-refractivity contribution >= 4 is 11.6 Å². The van der Waals surface area contributed by atoms with Gasteiger partial charge < -0.3 is 16.2 Å². The van der Waals surface area contributed by atoms with E-state index in [1.807, 2.05) is 0 Å². The lowest BCUT2D eigenvalue weighted by Crippen LogP contribution is -2.49. The minimum atomic E-state index is -1.12. The van der Waals surface area contributed by atoms with Gasteiger partial charge in [0.25, 0.3) is 5.91 Å². The molecule has 0 saturated heterocycles. The molecule has 1 aromatic rings. The minimum Gasteiger partial charge on any atom is -0.398 e. The summed E-state index contributed by atoms with van der Waals surface area (Å²) in [5.41, 5.74) is 4.61. The first-order valence-electron chi connectivity index (χ1n) is 6.15. The van der Waals surface area contributed by atoms with Gasteiger partial charge in [-0.2, -0.15) is 0 Å². The van der Waals surface area contributed by atoms with Gasteiger partial charge in [0.2, 0.25) is 0 Å². The zero-order valence-electron chi connectivity index (χ0n) is 10.4. The van der Waals surface area contributed by atoms with E-state index in [4.69, 9.17) is 5.73 Å². The van der Waals surface area contributed by atoms with Gasteiger partial charge in [-0.15, -0.1) is 0 Å². The van der Waals surface area contributed by atoms with Crippen LogP contribution in [-0.2, 0) is 0 Å². The molecule has 1 aliphatic carbocycles. The Hall–Kier alpha value is -1.69. The van der Waals surface area contributed by atoms with Crippen molar-refractivity contribution in [2.45, 2.75) is 31.2 Å². The van der Waals surface area contributed by atoms with Crippen LogP contribution >= 0.6 is 0 Å². The fraction of sp³-hybridized carbons (Fsp3) is 0.462. The number of halogens is 2. The van der Waals surface area contributed by atoms with Crippen LogP contribution in [0.3, 0.4) is 0 Å². The molecule has 0 heterocycles. The molecular weight excluding hydrogens is 254 g/mol. The molecule has 6 heteroatoms. The molecule has 19 heavy (non-hydrogen) atoms. The van der Waals surface area contributed by atoms with Crippen molar-refractivity contribution in [1.29, 1.82) is 0 Å². The number of aliphatic hydroxyl groups excluding tert-OH is 1. The van der Waals surface area contributed by atoms with Gasteiger partial charge in [-0.25, -0.2) is 8.78 Å². The van der Waals surface area contributed by atoms with Crippen LogP contribution in [0.5, 0.6) is 0 Å². The molecule has 1 aliphatic rings. The SMILES string of the molecule is Nc1cc(F)c(F)cc1C(=O)NC1(CO)CCCC1. The first kappa shape index (κ1) is 13.7. The molecule has 1 aromatic carbocycles. The van der Waals surface area contributed by atoms with E-state index in [1.165, 1.54) is 0 Å². The zero-order valence-corrected chi connectivity index (χ0v) is 10.4. The van der Waals surface area contributed by atoms with Crippen molar-refractivity contribution < 1.29 is 18.7 Å². The van der Waals surface area contributed by atoms with Crippen LogP contribution in [0.2, 0.25) is 0 Å². The second-order valence-corrected chi connectivity index (χ2v) is 4.95. The molecule has 4 N–H and O–H groups in total. The number of nitrogens with one attached hydrogen (secondary N) is 1. The van der Waals surface area contributed by atoms with Gasteiger partial charge in [0.05, 0.1) is 17.7 Å². The quantitative estimate of drug-likeness (QED) is 0.730. The molecule has 1 fully saturated rings. The number of benzene rings is 1.